The van der Waals surface area contributed by atoms with Gasteiger partial charge in [-0.3, -0.25) is 0 Å². The molecule has 1 heterocycles. The number of likely N-dealkylation sites (tertiary alicyclic amines) is 1. The maximum atomic E-state index is 4.92. The van der Waals surface area contributed by atoms with Crippen LogP contribution in [0.2, 0.25) is 0 Å². The van der Waals surface area contributed by atoms with Crippen LogP contribution in [-0.4, -0.2) is 22.3 Å². The van der Waals surface area contributed by atoms with E-state index in [4.69, 9.17) is 24.8 Å². The van der Waals surface area contributed by atoms with Crippen molar-refractivity contribution in [3.05, 3.63) is 0 Å². The number of hydrogen-bond donors (Lipinski definition) is 0. The maximum absolute atomic E-state index is 4.92. The molecule has 1 aliphatic heterocycles. The molecule has 1 nitrogen and oxygen atoms in total. The van der Waals surface area contributed by atoms with E-state index in [2.05, 4.69) is 4.90 Å². The normalized spacial score (nSPS) is 20.2. The Morgan fingerprint density at radius 2 is 1.50 bits per heavy atom. The van der Waals surface area contributed by atoms with Crippen molar-refractivity contribution in [3.63, 3.8) is 0 Å². The molecule has 1 fully saturated rings. The molecule has 57 valence electrons. The first-order valence-electron chi connectivity index (χ1n) is 3.76. The molecule has 0 atom stereocenters. The van der Waals surface area contributed by atoms with Gasteiger partial charge >= 0.3 is 0 Å². The first-order valence-corrected chi connectivity index (χ1v) is 4.58. The van der Waals surface area contributed by atoms with Crippen LogP contribution in [0.25, 0.3) is 0 Å². The van der Waals surface area contributed by atoms with Gasteiger partial charge in [-0.1, -0.05) is 12.8 Å². The van der Waals surface area contributed by atoms with Gasteiger partial charge in [0.05, 0.1) is 0 Å². The van der Waals surface area contributed by atoms with Gasteiger partial charge in [0.2, 0.25) is 0 Å². The second kappa shape index (κ2) is 4.09. The van der Waals surface area contributed by atoms with Crippen molar-refractivity contribution in [2.24, 2.45) is 0 Å². The molecule has 0 N–H and O–H groups in total. The highest BCUT2D eigenvalue weighted by atomic mass is 32.1. The Kier molecular flexibility index (Phi) is 3.35. The van der Waals surface area contributed by atoms with Crippen LogP contribution in [0.4, 0.5) is 0 Å². The summed E-state index contributed by atoms with van der Waals surface area (Å²) >= 11 is 9.83. The second-order valence-corrected chi connectivity index (χ2v) is 3.70. The van der Waals surface area contributed by atoms with Crippen molar-refractivity contribution in [2.45, 2.75) is 25.7 Å². The largest absolute Gasteiger partial charge is 0.354 e. The van der Waals surface area contributed by atoms with Gasteiger partial charge < -0.3 is 4.90 Å². The smallest absolute Gasteiger partial charge is 0.166 e. The van der Waals surface area contributed by atoms with Crippen molar-refractivity contribution in [1.29, 1.82) is 0 Å². The van der Waals surface area contributed by atoms with E-state index >= 15 is 0 Å². The number of nitrogens with zero attached hydrogens (tertiary/aromatic N) is 1. The number of rotatable bonds is 0. The molecule has 3 heteroatoms. The summed E-state index contributed by atoms with van der Waals surface area (Å²) in [6, 6.07) is 0. The first kappa shape index (κ1) is 8.21. The molecular weight excluding hydrogens is 162 g/mol. The SMILES string of the molecule is [S]C(=S)N1CCCCCC1. The van der Waals surface area contributed by atoms with Crippen molar-refractivity contribution >= 4 is 29.2 Å². The third kappa shape index (κ3) is 2.39. The van der Waals surface area contributed by atoms with Gasteiger partial charge in [-0.05, 0) is 37.7 Å². The van der Waals surface area contributed by atoms with E-state index in [0.717, 1.165) is 13.1 Å². The molecule has 1 aliphatic rings. The van der Waals surface area contributed by atoms with Crippen molar-refractivity contribution in [2.75, 3.05) is 13.1 Å². The Labute approximate surface area is 73.2 Å². The van der Waals surface area contributed by atoms with Crippen LogP contribution in [0, 0.1) is 0 Å². The molecule has 0 bridgehead atoms. The molecule has 1 rings (SSSR count). The molecule has 0 aromatic carbocycles. The van der Waals surface area contributed by atoms with E-state index in [1.807, 2.05) is 0 Å². The molecule has 0 aromatic heterocycles. The van der Waals surface area contributed by atoms with Gasteiger partial charge in [0.1, 0.15) is 0 Å². The Bertz CT molecular complexity index is 117. The predicted molar refractivity (Wildman–Crippen MR) is 50.2 cm³/mol. The fourth-order valence-electron chi connectivity index (χ4n) is 1.25. The third-order valence-electron chi connectivity index (χ3n) is 1.86. The predicted octanol–water partition coefficient (Wildman–Crippen LogP) is 2.34. The Balaban J connectivity index is 2.35. The van der Waals surface area contributed by atoms with Gasteiger partial charge in [-0.25, -0.2) is 0 Å². The Hall–Kier alpha value is 0.110. The van der Waals surface area contributed by atoms with Crippen LogP contribution in [0.3, 0.4) is 0 Å². The standard InChI is InChI=1S/C7H12NS2/c9-7(10)8-5-3-1-2-4-6-8/h1-6H2. The lowest BCUT2D eigenvalue weighted by Crippen LogP contribution is -2.26. The summed E-state index contributed by atoms with van der Waals surface area (Å²) in [5.41, 5.74) is 0. The van der Waals surface area contributed by atoms with E-state index in [9.17, 15) is 0 Å². The average molecular weight is 174 g/mol. The van der Waals surface area contributed by atoms with Crippen LogP contribution in [0.1, 0.15) is 25.7 Å². The van der Waals surface area contributed by atoms with Crippen LogP contribution in [0.15, 0.2) is 0 Å². The second-order valence-electron chi connectivity index (χ2n) is 2.67. The van der Waals surface area contributed by atoms with Crippen molar-refractivity contribution in [3.8, 4) is 0 Å². The first-order chi connectivity index (χ1) is 4.80. The molecule has 0 amide bonds. The van der Waals surface area contributed by atoms with E-state index < -0.39 is 0 Å². The lowest BCUT2D eigenvalue weighted by atomic mass is 10.2. The highest BCUT2D eigenvalue weighted by Crippen LogP contribution is 2.10. The molecule has 0 spiro atoms. The van der Waals surface area contributed by atoms with Gasteiger partial charge in [0.15, 0.2) is 4.32 Å². The maximum Gasteiger partial charge on any atom is 0.166 e. The van der Waals surface area contributed by atoms with E-state index in [0.29, 0.717) is 4.32 Å². The highest BCUT2D eigenvalue weighted by molar-refractivity contribution is 8.10. The molecular formula is C7H12NS2. The monoisotopic (exact) mass is 174 g/mol. The number of hydrogen-bond acceptors (Lipinski definition) is 1. The Morgan fingerprint density at radius 1 is 1.00 bits per heavy atom. The highest BCUT2D eigenvalue weighted by Gasteiger charge is 2.08. The zero-order chi connectivity index (χ0) is 7.40. The van der Waals surface area contributed by atoms with Crippen LogP contribution in [0.5, 0.6) is 0 Å². The zero-order valence-corrected chi connectivity index (χ0v) is 7.64. The zero-order valence-electron chi connectivity index (χ0n) is 6.01. The summed E-state index contributed by atoms with van der Waals surface area (Å²) < 4.78 is 0.655. The molecule has 0 saturated carbocycles. The molecule has 0 aromatic rings. The van der Waals surface area contributed by atoms with E-state index in [1.165, 1.54) is 25.7 Å². The molecule has 0 aliphatic carbocycles. The number of thiocarbonyl (C=S) groups is 1. The minimum atomic E-state index is 0.655. The minimum absolute atomic E-state index is 0.655. The van der Waals surface area contributed by atoms with Crippen LogP contribution in [-0.2, 0) is 0 Å². The van der Waals surface area contributed by atoms with Crippen LogP contribution < -0.4 is 0 Å². The van der Waals surface area contributed by atoms with Crippen molar-refractivity contribution < 1.29 is 0 Å². The summed E-state index contributed by atoms with van der Waals surface area (Å²) in [4.78, 5) is 2.14. The minimum Gasteiger partial charge on any atom is -0.354 e. The molecule has 1 saturated heterocycles. The average Bonchev–Trinajstić information content (AvgIpc) is 2.12. The van der Waals surface area contributed by atoms with E-state index in [-0.39, 0.29) is 0 Å². The summed E-state index contributed by atoms with van der Waals surface area (Å²) in [5, 5.41) is 0. The molecule has 10 heavy (non-hydrogen) atoms. The van der Waals surface area contributed by atoms with Crippen LogP contribution >= 0.6 is 24.8 Å². The molecule has 0 unspecified atom stereocenters. The van der Waals surface area contributed by atoms with Gasteiger partial charge in [0.25, 0.3) is 0 Å². The van der Waals surface area contributed by atoms with Crippen molar-refractivity contribution in [1.82, 2.24) is 4.90 Å². The summed E-state index contributed by atoms with van der Waals surface area (Å²) in [7, 11) is 0. The van der Waals surface area contributed by atoms with Gasteiger partial charge in [0, 0.05) is 13.1 Å². The topological polar surface area (TPSA) is 3.24 Å². The Morgan fingerprint density at radius 3 is 1.90 bits per heavy atom. The third-order valence-corrected chi connectivity index (χ3v) is 2.38. The lowest BCUT2D eigenvalue weighted by molar-refractivity contribution is 0.450. The summed E-state index contributed by atoms with van der Waals surface area (Å²) in [6.07, 6.45) is 5.20. The van der Waals surface area contributed by atoms with Gasteiger partial charge in [-0.2, -0.15) is 0 Å². The van der Waals surface area contributed by atoms with E-state index in [1.54, 1.807) is 0 Å². The summed E-state index contributed by atoms with van der Waals surface area (Å²) in [6.45, 7) is 2.17. The molecule has 1 radical (unpaired) electrons. The summed E-state index contributed by atoms with van der Waals surface area (Å²) in [5.74, 6) is 0. The quantitative estimate of drug-likeness (QED) is 0.519. The lowest BCUT2D eigenvalue weighted by Gasteiger charge is -2.18. The fourth-order valence-corrected chi connectivity index (χ4v) is 1.62. The van der Waals surface area contributed by atoms with Gasteiger partial charge in [-0.15, -0.1) is 0 Å². The fraction of sp³-hybridized carbons (Fsp3) is 0.857.